The number of fused-ring (bicyclic) bond motifs is 1. The highest BCUT2D eigenvalue weighted by Gasteiger charge is 2.28. The van der Waals surface area contributed by atoms with Gasteiger partial charge in [0.1, 0.15) is 18.1 Å². The third-order valence-corrected chi connectivity index (χ3v) is 8.02. The van der Waals surface area contributed by atoms with Crippen molar-refractivity contribution in [3.63, 3.8) is 0 Å². The molecular formula is C34H38N4O2. The maximum atomic E-state index is 14.0. The molecule has 1 saturated heterocycles. The van der Waals surface area contributed by atoms with E-state index in [0.29, 0.717) is 41.8 Å². The Kier molecular flexibility index (Phi) is 8.62. The number of para-hydroxylation sites is 2. The van der Waals surface area contributed by atoms with Crippen LogP contribution in [-0.4, -0.2) is 21.1 Å². The predicted octanol–water partition coefficient (Wildman–Crippen LogP) is 7.00. The molecule has 0 radical (unpaired) electrons. The van der Waals surface area contributed by atoms with Crippen molar-refractivity contribution in [1.29, 1.82) is 5.26 Å². The highest BCUT2D eigenvalue weighted by molar-refractivity contribution is 5.79. The molecule has 1 aromatic heterocycles. The van der Waals surface area contributed by atoms with E-state index in [-0.39, 0.29) is 11.1 Å². The van der Waals surface area contributed by atoms with Crippen LogP contribution in [0.2, 0.25) is 0 Å². The summed E-state index contributed by atoms with van der Waals surface area (Å²) in [5, 5.41) is 13.4. The van der Waals surface area contributed by atoms with Gasteiger partial charge in [0, 0.05) is 23.7 Å². The maximum Gasteiger partial charge on any atom is 0.277 e. The van der Waals surface area contributed by atoms with Gasteiger partial charge in [-0.15, -0.1) is 0 Å². The fourth-order valence-corrected chi connectivity index (χ4v) is 5.93. The SMILES string of the molecule is C[C@H]1CCC[C@@](C)(CCCCCn2c(=O)c(-c3cc(C#N)ccc3OCc3ccccc3)nc3ccccc32)N1. The molecule has 1 aliphatic heterocycles. The fourth-order valence-electron chi connectivity index (χ4n) is 5.93. The number of hydrogen-bond donors (Lipinski definition) is 1. The third-order valence-electron chi connectivity index (χ3n) is 8.02. The Morgan fingerprint density at radius 2 is 1.88 bits per heavy atom. The summed E-state index contributed by atoms with van der Waals surface area (Å²) < 4.78 is 8.02. The molecule has 3 aromatic carbocycles. The summed E-state index contributed by atoms with van der Waals surface area (Å²) in [6.07, 6.45) is 8.02. The van der Waals surface area contributed by atoms with Crippen molar-refractivity contribution in [2.24, 2.45) is 0 Å². The molecule has 0 spiro atoms. The van der Waals surface area contributed by atoms with Crippen LogP contribution in [0.4, 0.5) is 0 Å². The van der Waals surface area contributed by atoms with Crippen LogP contribution in [0, 0.1) is 11.3 Å². The number of rotatable bonds is 10. The normalized spacial score (nSPS) is 18.9. The topological polar surface area (TPSA) is 79.9 Å². The summed E-state index contributed by atoms with van der Waals surface area (Å²) in [5.74, 6) is 0.539. The van der Waals surface area contributed by atoms with Crippen molar-refractivity contribution < 1.29 is 4.74 Å². The van der Waals surface area contributed by atoms with Crippen molar-refractivity contribution in [2.75, 3.05) is 0 Å². The molecule has 0 saturated carbocycles. The van der Waals surface area contributed by atoms with Gasteiger partial charge in [0.15, 0.2) is 0 Å². The van der Waals surface area contributed by atoms with Gasteiger partial charge in [0.05, 0.1) is 22.7 Å². The van der Waals surface area contributed by atoms with Gasteiger partial charge in [-0.1, -0.05) is 61.7 Å². The number of benzene rings is 3. The Balaban J connectivity index is 1.40. The van der Waals surface area contributed by atoms with Crippen LogP contribution in [0.25, 0.3) is 22.3 Å². The minimum absolute atomic E-state index is 0.159. The van der Waals surface area contributed by atoms with Crippen molar-refractivity contribution in [3.8, 4) is 23.1 Å². The van der Waals surface area contributed by atoms with Crippen LogP contribution in [0.15, 0.2) is 77.6 Å². The largest absolute Gasteiger partial charge is 0.488 e. The van der Waals surface area contributed by atoms with E-state index in [0.717, 1.165) is 42.3 Å². The fraction of sp³-hybridized carbons (Fsp3) is 0.382. The van der Waals surface area contributed by atoms with Crippen LogP contribution in [0.5, 0.6) is 5.75 Å². The molecule has 0 bridgehead atoms. The number of hydrogen-bond acceptors (Lipinski definition) is 5. The summed E-state index contributed by atoms with van der Waals surface area (Å²) in [4.78, 5) is 18.7. The lowest BCUT2D eigenvalue weighted by Crippen LogP contribution is -2.50. The molecule has 5 rings (SSSR count). The molecule has 2 heterocycles. The van der Waals surface area contributed by atoms with E-state index >= 15 is 0 Å². The van der Waals surface area contributed by atoms with E-state index in [1.165, 1.54) is 19.3 Å². The Labute approximate surface area is 236 Å². The van der Waals surface area contributed by atoms with Crippen molar-refractivity contribution in [1.82, 2.24) is 14.9 Å². The highest BCUT2D eigenvalue weighted by Crippen LogP contribution is 2.30. The second-order valence-corrected chi connectivity index (χ2v) is 11.3. The minimum Gasteiger partial charge on any atom is -0.488 e. The first-order valence-electron chi connectivity index (χ1n) is 14.4. The Bertz CT molecular complexity index is 1560. The maximum absolute atomic E-state index is 14.0. The predicted molar refractivity (Wildman–Crippen MR) is 160 cm³/mol. The van der Waals surface area contributed by atoms with Crippen molar-refractivity contribution in [2.45, 2.75) is 83.5 Å². The third kappa shape index (κ3) is 6.43. The van der Waals surface area contributed by atoms with Gasteiger partial charge in [-0.2, -0.15) is 5.26 Å². The molecule has 1 fully saturated rings. The number of nitriles is 1. The number of nitrogens with zero attached hydrogens (tertiary/aromatic N) is 3. The summed E-state index contributed by atoms with van der Waals surface area (Å²) in [6, 6.07) is 25.6. The molecule has 0 aliphatic carbocycles. The Morgan fingerprint density at radius 3 is 2.67 bits per heavy atom. The smallest absolute Gasteiger partial charge is 0.277 e. The van der Waals surface area contributed by atoms with Gasteiger partial charge in [-0.3, -0.25) is 4.79 Å². The molecule has 206 valence electrons. The first-order chi connectivity index (χ1) is 19.5. The van der Waals surface area contributed by atoms with Gasteiger partial charge < -0.3 is 14.6 Å². The van der Waals surface area contributed by atoms with E-state index in [1.807, 2.05) is 59.2 Å². The average molecular weight is 535 g/mol. The minimum atomic E-state index is -0.159. The molecular weight excluding hydrogens is 496 g/mol. The van der Waals surface area contributed by atoms with E-state index in [4.69, 9.17) is 9.72 Å². The molecule has 2 atom stereocenters. The number of aryl methyl sites for hydroxylation is 1. The molecule has 0 amide bonds. The molecule has 4 aromatic rings. The molecule has 40 heavy (non-hydrogen) atoms. The summed E-state index contributed by atoms with van der Waals surface area (Å²) in [7, 11) is 0. The van der Waals surface area contributed by atoms with Crippen LogP contribution >= 0.6 is 0 Å². The van der Waals surface area contributed by atoms with Gasteiger partial charge in [0.25, 0.3) is 5.56 Å². The molecule has 1 N–H and O–H groups in total. The number of nitrogens with one attached hydrogen (secondary N) is 1. The molecule has 1 aliphatic rings. The lowest BCUT2D eigenvalue weighted by atomic mass is 9.84. The van der Waals surface area contributed by atoms with Gasteiger partial charge in [-0.25, -0.2) is 4.98 Å². The van der Waals surface area contributed by atoms with Gasteiger partial charge in [-0.05, 0) is 75.4 Å². The standard InChI is InChI=1S/C34H38N4O2/c1-25-12-11-20-34(2,37-25)19-9-4-10-21-38-30-16-8-7-15-29(30)36-32(33(38)39)28-22-27(23-35)17-18-31(28)40-24-26-13-5-3-6-14-26/h3,5-8,13-18,22,25,37H,4,9-12,19-21,24H2,1-2H3/t25-,34+/m0/s1. The first kappa shape index (κ1) is 27.6. The lowest BCUT2D eigenvalue weighted by molar-refractivity contribution is 0.214. The average Bonchev–Trinajstić information content (AvgIpc) is 2.97. The zero-order valence-corrected chi connectivity index (χ0v) is 23.5. The summed E-state index contributed by atoms with van der Waals surface area (Å²) in [6.45, 7) is 5.60. The lowest BCUT2D eigenvalue weighted by Gasteiger charge is -2.39. The Morgan fingerprint density at radius 1 is 1.07 bits per heavy atom. The monoisotopic (exact) mass is 534 g/mol. The van der Waals surface area contributed by atoms with Crippen LogP contribution < -0.4 is 15.6 Å². The second-order valence-electron chi connectivity index (χ2n) is 11.3. The van der Waals surface area contributed by atoms with Gasteiger partial charge >= 0.3 is 0 Å². The van der Waals surface area contributed by atoms with E-state index in [1.54, 1.807) is 18.2 Å². The molecule has 0 unspecified atom stereocenters. The second kappa shape index (κ2) is 12.5. The number of aromatic nitrogens is 2. The first-order valence-corrected chi connectivity index (χ1v) is 14.4. The van der Waals surface area contributed by atoms with Crippen LogP contribution in [0.3, 0.4) is 0 Å². The van der Waals surface area contributed by atoms with Crippen molar-refractivity contribution >= 4 is 11.0 Å². The highest BCUT2D eigenvalue weighted by atomic mass is 16.5. The van der Waals surface area contributed by atoms with E-state index in [2.05, 4.69) is 25.2 Å². The van der Waals surface area contributed by atoms with Crippen molar-refractivity contribution in [3.05, 3.63) is 94.3 Å². The summed E-state index contributed by atoms with van der Waals surface area (Å²) in [5.41, 5.74) is 3.98. The quantitative estimate of drug-likeness (QED) is 0.222. The molecule has 6 nitrogen and oxygen atoms in total. The zero-order chi connectivity index (χ0) is 28.0. The molecule has 6 heteroatoms. The number of piperidine rings is 1. The summed E-state index contributed by atoms with van der Waals surface area (Å²) >= 11 is 0. The number of ether oxygens (including phenoxy) is 1. The van der Waals surface area contributed by atoms with E-state index in [9.17, 15) is 10.1 Å². The number of unbranched alkanes of at least 4 members (excludes halogenated alkanes) is 2. The Hall–Kier alpha value is -3.95. The van der Waals surface area contributed by atoms with Gasteiger partial charge in [0.2, 0.25) is 0 Å². The van der Waals surface area contributed by atoms with Crippen LogP contribution in [-0.2, 0) is 13.2 Å². The van der Waals surface area contributed by atoms with Crippen LogP contribution in [0.1, 0.15) is 69.9 Å². The zero-order valence-electron chi connectivity index (χ0n) is 23.5. The van der Waals surface area contributed by atoms with E-state index < -0.39 is 0 Å².